The van der Waals surface area contributed by atoms with E-state index in [2.05, 4.69) is 10.3 Å². The highest BCUT2D eigenvalue weighted by molar-refractivity contribution is 6.05. The first-order valence-electron chi connectivity index (χ1n) is 11.3. The molecular weight excluding hydrogens is 419 g/mol. The van der Waals surface area contributed by atoms with Crippen LogP contribution in [0.15, 0.2) is 30.0 Å². The number of nitrogens with zero attached hydrogens (tertiary/aromatic N) is 3. The first-order chi connectivity index (χ1) is 15.8. The summed E-state index contributed by atoms with van der Waals surface area (Å²) < 4.78 is 14.2. The predicted octanol–water partition coefficient (Wildman–Crippen LogP) is 4.77. The molecule has 1 aromatic carbocycles. The van der Waals surface area contributed by atoms with Gasteiger partial charge in [0.25, 0.3) is 5.91 Å². The van der Waals surface area contributed by atoms with E-state index < -0.39 is 5.91 Å². The third-order valence-electron chi connectivity index (χ3n) is 6.32. The predicted molar refractivity (Wildman–Crippen MR) is 124 cm³/mol. The summed E-state index contributed by atoms with van der Waals surface area (Å²) in [6.45, 7) is 4.78. The van der Waals surface area contributed by atoms with Crippen molar-refractivity contribution in [3.05, 3.63) is 63.7 Å². The second-order valence-corrected chi connectivity index (χ2v) is 8.94. The topological polar surface area (TPSA) is 86.1 Å². The zero-order valence-corrected chi connectivity index (χ0v) is 18.9. The average molecular weight is 447 g/mol. The minimum Gasteiger partial charge on any atom is -0.342 e. The summed E-state index contributed by atoms with van der Waals surface area (Å²) in [6, 6.07) is 6.33. The van der Waals surface area contributed by atoms with Gasteiger partial charge in [-0.15, -0.1) is 0 Å². The first kappa shape index (κ1) is 22.7. The fourth-order valence-electron chi connectivity index (χ4n) is 4.12. The Labute approximate surface area is 193 Å². The van der Waals surface area contributed by atoms with E-state index in [1.54, 1.807) is 13.8 Å². The molecule has 0 bridgehead atoms. The van der Waals surface area contributed by atoms with Gasteiger partial charge in [-0.25, -0.2) is 4.39 Å². The number of rotatable bonds is 5. The molecule has 6 nitrogen and oxygen atoms in total. The standard InChI is InChI=1S/C26H27FN4O2/c1-16-9-23(27)13-20(10-19-5-7-31(8-6-19)24(32)11-18-3-4-18)25(16)30-26(33)22-12-21(14-28)17(2)29-15-22/h9-10,12-13,15,18H,3-8,11H2,1-2H3,(H,30,33). The highest BCUT2D eigenvalue weighted by atomic mass is 19.1. The molecular formula is C26H27FN4O2. The van der Waals surface area contributed by atoms with Gasteiger partial charge in [0.1, 0.15) is 11.9 Å². The monoisotopic (exact) mass is 446 g/mol. The maximum Gasteiger partial charge on any atom is 0.257 e. The van der Waals surface area contributed by atoms with Crippen molar-refractivity contribution in [2.75, 3.05) is 18.4 Å². The number of amides is 2. The molecule has 2 aromatic rings. The Morgan fingerprint density at radius 2 is 1.97 bits per heavy atom. The maximum absolute atomic E-state index is 14.2. The number of aryl methyl sites for hydroxylation is 2. The van der Waals surface area contributed by atoms with Crippen molar-refractivity contribution in [2.45, 2.75) is 46.0 Å². The summed E-state index contributed by atoms with van der Waals surface area (Å²) in [4.78, 5) is 31.3. The van der Waals surface area contributed by atoms with E-state index in [4.69, 9.17) is 0 Å². The van der Waals surface area contributed by atoms with E-state index in [0.717, 1.165) is 31.3 Å². The number of anilines is 1. The number of benzene rings is 1. The minimum absolute atomic E-state index is 0.231. The van der Waals surface area contributed by atoms with E-state index in [0.29, 0.717) is 53.5 Å². The fourth-order valence-corrected chi connectivity index (χ4v) is 4.12. The Morgan fingerprint density at radius 3 is 2.64 bits per heavy atom. The van der Waals surface area contributed by atoms with Crippen LogP contribution in [-0.2, 0) is 4.79 Å². The third-order valence-corrected chi connectivity index (χ3v) is 6.32. The van der Waals surface area contributed by atoms with Crippen LogP contribution in [0.1, 0.15) is 64.8 Å². The zero-order chi connectivity index (χ0) is 23.5. The molecule has 2 fully saturated rings. The molecule has 1 aliphatic heterocycles. The summed E-state index contributed by atoms with van der Waals surface area (Å²) in [5.41, 5.74) is 4.00. The summed E-state index contributed by atoms with van der Waals surface area (Å²) in [5, 5.41) is 12.1. The highest BCUT2D eigenvalue weighted by Crippen LogP contribution is 2.34. The summed E-state index contributed by atoms with van der Waals surface area (Å²) in [6.07, 6.45) is 7.78. The molecule has 0 spiro atoms. The first-order valence-corrected chi connectivity index (χ1v) is 11.3. The fraction of sp³-hybridized carbons (Fsp3) is 0.385. The summed E-state index contributed by atoms with van der Waals surface area (Å²) in [7, 11) is 0. The van der Waals surface area contributed by atoms with Crippen molar-refractivity contribution in [3.63, 3.8) is 0 Å². The van der Waals surface area contributed by atoms with Gasteiger partial charge in [0.2, 0.25) is 5.91 Å². The van der Waals surface area contributed by atoms with Gasteiger partial charge in [0.05, 0.1) is 22.5 Å². The Balaban J connectivity index is 1.52. The van der Waals surface area contributed by atoms with Gasteiger partial charge in [-0.1, -0.05) is 11.6 Å². The molecule has 2 amide bonds. The van der Waals surface area contributed by atoms with Gasteiger partial charge in [0, 0.05) is 31.3 Å². The van der Waals surface area contributed by atoms with Gasteiger partial charge in [-0.2, -0.15) is 5.26 Å². The molecule has 1 aromatic heterocycles. The number of halogens is 1. The van der Waals surface area contributed by atoms with Crippen molar-refractivity contribution >= 4 is 23.6 Å². The normalized spacial score (nSPS) is 15.7. The number of piperidine rings is 1. The van der Waals surface area contributed by atoms with Crippen LogP contribution in [0.25, 0.3) is 6.08 Å². The maximum atomic E-state index is 14.2. The highest BCUT2D eigenvalue weighted by Gasteiger charge is 2.28. The van der Waals surface area contributed by atoms with Gasteiger partial charge < -0.3 is 10.2 Å². The summed E-state index contributed by atoms with van der Waals surface area (Å²) >= 11 is 0. The lowest BCUT2D eigenvalue weighted by atomic mass is 9.98. The Kier molecular flexibility index (Phi) is 6.55. The van der Waals surface area contributed by atoms with E-state index >= 15 is 0 Å². The SMILES string of the molecule is Cc1cc(F)cc(C=C2CCN(C(=O)CC3CC3)CC2)c1NC(=O)c1cnc(C)c(C#N)c1. The molecule has 4 rings (SSSR count). The second kappa shape index (κ2) is 9.53. The molecule has 1 N–H and O–H groups in total. The molecule has 170 valence electrons. The molecule has 2 heterocycles. The number of likely N-dealkylation sites (tertiary alicyclic amines) is 1. The van der Waals surface area contributed by atoms with Crippen LogP contribution in [-0.4, -0.2) is 34.8 Å². The largest absolute Gasteiger partial charge is 0.342 e. The zero-order valence-electron chi connectivity index (χ0n) is 18.9. The Bertz CT molecular complexity index is 1170. The van der Waals surface area contributed by atoms with Crippen LogP contribution in [0.3, 0.4) is 0 Å². The van der Waals surface area contributed by atoms with Crippen molar-refractivity contribution < 1.29 is 14.0 Å². The Hall–Kier alpha value is -3.53. The van der Waals surface area contributed by atoms with E-state index in [9.17, 15) is 19.2 Å². The molecule has 2 aliphatic rings. The van der Waals surface area contributed by atoms with Crippen LogP contribution in [0.2, 0.25) is 0 Å². The second-order valence-electron chi connectivity index (χ2n) is 8.94. The van der Waals surface area contributed by atoms with Gasteiger partial charge >= 0.3 is 0 Å². The van der Waals surface area contributed by atoms with Gasteiger partial charge in [-0.05, 0) is 69.2 Å². The van der Waals surface area contributed by atoms with Crippen molar-refractivity contribution in [2.24, 2.45) is 5.92 Å². The van der Waals surface area contributed by atoms with Crippen LogP contribution in [0.4, 0.5) is 10.1 Å². The van der Waals surface area contributed by atoms with E-state index in [1.165, 1.54) is 24.4 Å². The molecule has 1 saturated heterocycles. The molecule has 7 heteroatoms. The third kappa shape index (κ3) is 5.46. The number of carbonyl (C=O) groups excluding carboxylic acids is 2. The number of hydrogen-bond donors (Lipinski definition) is 1. The van der Waals surface area contributed by atoms with Crippen molar-refractivity contribution in [3.8, 4) is 6.07 Å². The molecule has 0 radical (unpaired) electrons. The summed E-state index contributed by atoms with van der Waals surface area (Å²) in [5.74, 6) is 0.0189. The van der Waals surface area contributed by atoms with Crippen molar-refractivity contribution in [1.29, 1.82) is 5.26 Å². The lowest BCUT2D eigenvalue weighted by molar-refractivity contribution is -0.132. The number of pyridine rings is 1. The average Bonchev–Trinajstić information content (AvgIpc) is 3.60. The number of nitrogens with one attached hydrogen (secondary N) is 1. The minimum atomic E-state index is -0.408. The number of aromatic nitrogens is 1. The number of hydrogen-bond acceptors (Lipinski definition) is 4. The van der Waals surface area contributed by atoms with Gasteiger partial charge in [0.15, 0.2) is 0 Å². The van der Waals surface area contributed by atoms with E-state index in [-0.39, 0.29) is 17.3 Å². The molecule has 1 saturated carbocycles. The molecule has 0 unspecified atom stereocenters. The number of carbonyl (C=O) groups is 2. The molecule has 33 heavy (non-hydrogen) atoms. The quantitative estimate of drug-likeness (QED) is 0.717. The molecule has 1 aliphatic carbocycles. The van der Waals surface area contributed by atoms with Crippen LogP contribution >= 0.6 is 0 Å². The molecule has 0 atom stereocenters. The van der Waals surface area contributed by atoms with Crippen molar-refractivity contribution in [1.82, 2.24) is 9.88 Å². The van der Waals surface area contributed by atoms with Crippen LogP contribution < -0.4 is 5.32 Å². The van der Waals surface area contributed by atoms with Crippen LogP contribution in [0, 0.1) is 36.9 Å². The lowest BCUT2D eigenvalue weighted by Gasteiger charge is -2.29. The smallest absolute Gasteiger partial charge is 0.257 e. The van der Waals surface area contributed by atoms with Gasteiger partial charge in [-0.3, -0.25) is 14.6 Å². The Morgan fingerprint density at radius 1 is 1.24 bits per heavy atom. The lowest BCUT2D eigenvalue weighted by Crippen LogP contribution is -2.36. The number of nitriles is 1. The van der Waals surface area contributed by atoms with Crippen LogP contribution in [0.5, 0.6) is 0 Å². The van der Waals surface area contributed by atoms with E-state index in [1.807, 2.05) is 17.0 Å².